The molecule has 0 fully saturated rings. The van der Waals surface area contributed by atoms with Crippen LogP contribution >= 0.6 is 23.2 Å². The van der Waals surface area contributed by atoms with Crippen molar-refractivity contribution in [3.05, 3.63) is 63.6 Å². The summed E-state index contributed by atoms with van der Waals surface area (Å²) in [4.78, 5) is 40.5. The van der Waals surface area contributed by atoms with Crippen LogP contribution in [-0.2, 0) is 26.2 Å². The molecule has 0 bridgehead atoms. The van der Waals surface area contributed by atoms with Gasteiger partial charge in [0.1, 0.15) is 10.9 Å². The fourth-order valence-corrected chi connectivity index (χ4v) is 6.16. The highest BCUT2D eigenvalue weighted by Gasteiger charge is 2.41. The van der Waals surface area contributed by atoms with Crippen LogP contribution in [0.4, 0.5) is 0 Å². The number of unbranched alkanes of at least 4 members (excludes halogenated alkanes) is 1. The SMILES string of the molecule is CCCCNC(=O)C(CC)N(Cc1c(Cl)cccc1Cl)C(=O)CCN1C(=O)c2ccccc2S1(=O)=O. The molecule has 0 aromatic heterocycles. The van der Waals surface area contributed by atoms with Gasteiger partial charge in [-0.25, -0.2) is 12.7 Å². The summed E-state index contributed by atoms with van der Waals surface area (Å²) in [6.07, 6.45) is 1.70. The van der Waals surface area contributed by atoms with Gasteiger partial charge in [-0.3, -0.25) is 14.4 Å². The quantitative estimate of drug-likeness (QED) is 0.419. The summed E-state index contributed by atoms with van der Waals surface area (Å²) in [6.45, 7) is 3.86. The smallest absolute Gasteiger partial charge is 0.269 e. The normalized spacial score (nSPS) is 14.9. The molecule has 36 heavy (non-hydrogen) atoms. The van der Waals surface area contributed by atoms with Gasteiger partial charge in [0, 0.05) is 41.7 Å². The third-order valence-corrected chi connectivity index (χ3v) is 8.60. The molecule has 3 rings (SSSR count). The monoisotopic (exact) mass is 553 g/mol. The van der Waals surface area contributed by atoms with Crippen molar-refractivity contribution >= 4 is 50.9 Å². The molecule has 1 aliphatic rings. The fourth-order valence-electron chi connectivity index (χ4n) is 4.07. The number of benzene rings is 2. The number of halogens is 2. The second-order valence-electron chi connectivity index (χ2n) is 8.42. The number of nitrogens with zero attached hydrogens (tertiary/aromatic N) is 2. The van der Waals surface area contributed by atoms with Gasteiger partial charge < -0.3 is 10.2 Å². The van der Waals surface area contributed by atoms with E-state index in [1.807, 2.05) is 6.92 Å². The second kappa shape index (κ2) is 12.1. The molecule has 0 saturated carbocycles. The van der Waals surface area contributed by atoms with Crippen LogP contribution in [0.25, 0.3) is 0 Å². The van der Waals surface area contributed by atoms with Crippen molar-refractivity contribution in [2.24, 2.45) is 0 Å². The van der Waals surface area contributed by atoms with E-state index in [9.17, 15) is 22.8 Å². The zero-order chi connectivity index (χ0) is 26.5. The molecule has 3 amide bonds. The lowest BCUT2D eigenvalue weighted by Crippen LogP contribution is -2.50. The molecular weight excluding hydrogens is 525 g/mol. The molecule has 0 spiro atoms. The first-order valence-electron chi connectivity index (χ1n) is 11.8. The minimum atomic E-state index is -4.05. The minimum absolute atomic E-state index is 0.0437. The molecule has 0 radical (unpaired) electrons. The van der Waals surface area contributed by atoms with E-state index >= 15 is 0 Å². The first kappa shape index (κ1) is 28.0. The van der Waals surface area contributed by atoms with Gasteiger partial charge in [0.25, 0.3) is 15.9 Å². The van der Waals surface area contributed by atoms with Gasteiger partial charge in [0.05, 0.1) is 5.56 Å². The number of sulfonamides is 1. The number of fused-ring (bicyclic) bond motifs is 1. The van der Waals surface area contributed by atoms with E-state index in [1.165, 1.54) is 23.1 Å². The Labute approximate surface area is 221 Å². The standard InChI is InChI=1S/C25H29Cl2N3O5S/c1-3-5-14-28-24(32)21(4-2)29(16-18-19(26)10-8-11-20(18)27)23(31)13-15-30-25(33)17-9-6-7-12-22(17)36(30,34)35/h6-12,21H,3-5,13-16H2,1-2H3,(H,28,32). The summed E-state index contributed by atoms with van der Waals surface area (Å²) in [5.74, 6) is -1.49. The highest BCUT2D eigenvalue weighted by atomic mass is 35.5. The van der Waals surface area contributed by atoms with Crippen LogP contribution in [-0.4, -0.2) is 54.5 Å². The molecule has 2 aromatic rings. The van der Waals surface area contributed by atoms with Crippen molar-refractivity contribution in [1.29, 1.82) is 0 Å². The van der Waals surface area contributed by atoms with Crippen molar-refractivity contribution in [2.45, 2.75) is 57.0 Å². The maximum Gasteiger partial charge on any atom is 0.269 e. The van der Waals surface area contributed by atoms with E-state index in [0.29, 0.717) is 32.9 Å². The van der Waals surface area contributed by atoms with Crippen LogP contribution < -0.4 is 5.32 Å². The van der Waals surface area contributed by atoms with Crippen molar-refractivity contribution in [3.8, 4) is 0 Å². The van der Waals surface area contributed by atoms with E-state index in [-0.39, 0.29) is 35.9 Å². The second-order valence-corrected chi connectivity index (χ2v) is 11.1. The van der Waals surface area contributed by atoms with Gasteiger partial charge in [-0.1, -0.05) is 61.7 Å². The Morgan fingerprint density at radius 2 is 1.72 bits per heavy atom. The molecule has 1 atom stereocenters. The maximum absolute atomic E-state index is 13.5. The molecule has 1 N–H and O–H groups in total. The van der Waals surface area contributed by atoms with Gasteiger partial charge in [-0.2, -0.15) is 0 Å². The summed E-state index contributed by atoms with van der Waals surface area (Å²) in [7, 11) is -4.05. The van der Waals surface area contributed by atoms with Gasteiger partial charge >= 0.3 is 0 Å². The number of carbonyl (C=O) groups is 3. The third-order valence-electron chi connectivity index (χ3n) is 6.05. The number of hydrogen-bond acceptors (Lipinski definition) is 5. The van der Waals surface area contributed by atoms with E-state index in [2.05, 4.69) is 5.32 Å². The Hall–Kier alpha value is -2.62. The number of rotatable bonds is 11. The van der Waals surface area contributed by atoms with Gasteiger partial charge in [0.2, 0.25) is 11.8 Å². The average Bonchev–Trinajstić information content (AvgIpc) is 3.04. The Kier molecular flexibility index (Phi) is 9.38. The molecule has 1 heterocycles. The van der Waals surface area contributed by atoms with Crippen LogP contribution in [0.15, 0.2) is 47.4 Å². The van der Waals surface area contributed by atoms with Crippen molar-refractivity contribution in [3.63, 3.8) is 0 Å². The summed E-state index contributed by atoms with van der Waals surface area (Å²) in [5, 5.41) is 3.54. The Morgan fingerprint density at radius 3 is 2.33 bits per heavy atom. The maximum atomic E-state index is 13.5. The van der Waals surface area contributed by atoms with E-state index in [1.54, 1.807) is 31.2 Å². The van der Waals surface area contributed by atoms with E-state index < -0.39 is 27.9 Å². The lowest BCUT2D eigenvalue weighted by molar-refractivity contribution is -0.141. The van der Waals surface area contributed by atoms with Crippen molar-refractivity contribution < 1.29 is 22.8 Å². The molecule has 11 heteroatoms. The largest absolute Gasteiger partial charge is 0.354 e. The Balaban J connectivity index is 1.85. The molecule has 0 saturated heterocycles. The molecule has 0 aliphatic carbocycles. The zero-order valence-electron chi connectivity index (χ0n) is 20.2. The van der Waals surface area contributed by atoms with Crippen LogP contribution in [0.5, 0.6) is 0 Å². The van der Waals surface area contributed by atoms with Crippen LogP contribution in [0.1, 0.15) is 55.5 Å². The highest BCUT2D eigenvalue weighted by molar-refractivity contribution is 7.90. The van der Waals surface area contributed by atoms with E-state index in [4.69, 9.17) is 23.2 Å². The van der Waals surface area contributed by atoms with Crippen molar-refractivity contribution in [1.82, 2.24) is 14.5 Å². The van der Waals surface area contributed by atoms with Gasteiger partial charge in [-0.05, 0) is 37.1 Å². The van der Waals surface area contributed by atoms with Crippen LogP contribution in [0, 0.1) is 0 Å². The lowest BCUT2D eigenvalue weighted by atomic mass is 10.1. The molecule has 1 aliphatic heterocycles. The van der Waals surface area contributed by atoms with Crippen LogP contribution in [0.2, 0.25) is 10.0 Å². The number of carbonyl (C=O) groups excluding carboxylic acids is 3. The topological polar surface area (TPSA) is 104 Å². The zero-order valence-corrected chi connectivity index (χ0v) is 22.5. The third kappa shape index (κ3) is 5.85. The number of hydrogen-bond donors (Lipinski definition) is 1. The predicted molar refractivity (Wildman–Crippen MR) is 138 cm³/mol. The van der Waals surface area contributed by atoms with Crippen LogP contribution in [0.3, 0.4) is 0 Å². The first-order valence-corrected chi connectivity index (χ1v) is 14.0. The number of amides is 3. The fraction of sp³-hybridized carbons (Fsp3) is 0.400. The number of nitrogens with one attached hydrogen (secondary N) is 1. The summed E-state index contributed by atoms with van der Waals surface area (Å²) < 4.78 is 26.5. The minimum Gasteiger partial charge on any atom is -0.354 e. The predicted octanol–water partition coefficient (Wildman–Crippen LogP) is 4.25. The van der Waals surface area contributed by atoms with Gasteiger partial charge in [0.15, 0.2) is 0 Å². The molecular formula is C25H29Cl2N3O5S. The molecule has 8 nitrogen and oxygen atoms in total. The Morgan fingerprint density at radius 1 is 1.06 bits per heavy atom. The lowest BCUT2D eigenvalue weighted by Gasteiger charge is -2.31. The molecule has 1 unspecified atom stereocenters. The average molecular weight is 554 g/mol. The summed E-state index contributed by atoms with van der Waals surface area (Å²) in [6, 6.07) is 10.1. The van der Waals surface area contributed by atoms with E-state index in [0.717, 1.165) is 12.8 Å². The van der Waals surface area contributed by atoms with Gasteiger partial charge in [-0.15, -0.1) is 0 Å². The highest BCUT2D eigenvalue weighted by Crippen LogP contribution is 2.31. The van der Waals surface area contributed by atoms with Crippen molar-refractivity contribution in [2.75, 3.05) is 13.1 Å². The first-order chi connectivity index (χ1) is 17.1. The summed E-state index contributed by atoms with van der Waals surface area (Å²) in [5.41, 5.74) is 0.553. The summed E-state index contributed by atoms with van der Waals surface area (Å²) >= 11 is 12.7. The molecule has 2 aromatic carbocycles. The Bertz CT molecular complexity index is 1230. The molecule has 194 valence electrons.